The summed E-state index contributed by atoms with van der Waals surface area (Å²) in [5, 5.41) is 0. The highest BCUT2D eigenvalue weighted by molar-refractivity contribution is 7.48. The summed E-state index contributed by atoms with van der Waals surface area (Å²) in [5.74, 6) is -0.231. The second kappa shape index (κ2) is 13.4. The van der Waals surface area contributed by atoms with Gasteiger partial charge in [0.05, 0.1) is 25.6 Å². The van der Waals surface area contributed by atoms with Gasteiger partial charge in [0, 0.05) is 0 Å². The van der Waals surface area contributed by atoms with Gasteiger partial charge < -0.3 is 0 Å². The molecule has 0 aromatic rings. The fraction of sp³-hybridized carbons (Fsp3) is 0.867. The highest BCUT2D eigenvalue weighted by atomic mass is 31.2. The molecule has 21 heavy (non-hydrogen) atoms. The molecule has 126 valence electrons. The van der Waals surface area contributed by atoms with Gasteiger partial charge in [0.1, 0.15) is 0 Å². The molecular formula is C15H30FO4P. The molecule has 0 aliphatic heterocycles. The van der Waals surface area contributed by atoms with Crippen molar-refractivity contribution >= 4 is 7.82 Å². The number of rotatable bonds is 14. The summed E-state index contributed by atoms with van der Waals surface area (Å²) in [6, 6.07) is 0. The molecule has 6 heteroatoms. The van der Waals surface area contributed by atoms with Gasteiger partial charge in [-0.15, -0.1) is 0 Å². The van der Waals surface area contributed by atoms with E-state index in [0.717, 1.165) is 19.3 Å². The fourth-order valence-electron chi connectivity index (χ4n) is 1.82. The normalized spacial score (nSPS) is 12.9. The predicted octanol–water partition coefficient (Wildman–Crippen LogP) is 5.79. The summed E-state index contributed by atoms with van der Waals surface area (Å²) in [6.07, 6.45) is 8.42. The third-order valence-electron chi connectivity index (χ3n) is 2.88. The standard InChI is InChI=1S/C15H30FO4P/c1-4-7-8-9-10-11-12-15(16)13-14-20-21(17,18-5-2)19-6-3/h13H,4-12,14H2,1-3H3/b15-13-. The second-order valence-corrected chi connectivity index (χ2v) is 6.42. The largest absolute Gasteiger partial charge is 0.475 e. The van der Waals surface area contributed by atoms with Crippen molar-refractivity contribution in [2.75, 3.05) is 19.8 Å². The lowest BCUT2D eigenvalue weighted by molar-refractivity contribution is 0.130. The van der Waals surface area contributed by atoms with E-state index in [2.05, 4.69) is 6.92 Å². The number of unbranched alkanes of at least 4 members (excludes halogenated alkanes) is 5. The van der Waals surface area contributed by atoms with Gasteiger partial charge in [-0.05, 0) is 32.8 Å². The molecule has 0 fully saturated rings. The highest BCUT2D eigenvalue weighted by Gasteiger charge is 2.24. The average molecular weight is 324 g/mol. The van der Waals surface area contributed by atoms with Crippen LogP contribution in [0.4, 0.5) is 4.39 Å². The number of phosphoric ester groups is 1. The summed E-state index contributed by atoms with van der Waals surface area (Å²) in [5.41, 5.74) is 0. The Labute approximate surface area is 128 Å². The maximum atomic E-state index is 13.5. The van der Waals surface area contributed by atoms with Crippen molar-refractivity contribution in [1.82, 2.24) is 0 Å². The SMILES string of the molecule is CCCCCCCC/C(F)=C/COP(=O)(OCC)OCC. The first kappa shape index (κ1) is 20.8. The molecule has 0 bridgehead atoms. The minimum atomic E-state index is -3.53. The lowest BCUT2D eigenvalue weighted by Crippen LogP contribution is -2.00. The van der Waals surface area contributed by atoms with E-state index in [1.54, 1.807) is 13.8 Å². The van der Waals surface area contributed by atoms with Crippen LogP contribution < -0.4 is 0 Å². The summed E-state index contributed by atoms with van der Waals surface area (Å²) in [7, 11) is -3.53. The Morgan fingerprint density at radius 3 is 2.10 bits per heavy atom. The van der Waals surface area contributed by atoms with Gasteiger partial charge in [0.25, 0.3) is 0 Å². The summed E-state index contributed by atoms with van der Waals surface area (Å²) >= 11 is 0. The van der Waals surface area contributed by atoms with Crippen molar-refractivity contribution in [2.45, 2.75) is 65.7 Å². The molecule has 0 amide bonds. The zero-order valence-electron chi connectivity index (χ0n) is 13.6. The quantitative estimate of drug-likeness (QED) is 0.300. The second-order valence-electron chi connectivity index (χ2n) is 4.75. The number of hydrogen-bond donors (Lipinski definition) is 0. The van der Waals surface area contributed by atoms with Gasteiger partial charge in [-0.1, -0.05) is 39.0 Å². The Kier molecular flexibility index (Phi) is 13.3. The summed E-state index contributed by atoms with van der Waals surface area (Å²) in [6.45, 7) is 5.92. The molecule has 0 aliphatic carbocycles. The Bertz CT molecular complexity index is 311. The van der Waals surface area contributed by atoms with Crippen LogP contribution in [0.15, 0.2) is 11.9 Å². The maximum absolute atomic E-state index is 13.5. The van der Waals surface area contributed by atoms with Crippen LogP contribution in [0.25, 0.3) is 0 Å². The number of allylic oxidation sites excluding steroid dienone is 1. The van der Waals surface area contributed by atoms with E-state index in [1.165, 1.54) is 25.3 Å². The van der Waals surface area contributed by atoms with Crippen LogP contribution in [0.5, 0.6) is 0 Å². The molecule has 0 saturated heterocycles. The zero-order valence-corrected chi connectivity index (χ0v) is 14.5. The Hall–Kier alpha value is -0.220. The molecule has 0 saturated carbocycles. The van der Waals surface area contributed by atoms with Crippen LogP contribution in [-0.2, 0) is 18.1 Å². The van der Waals surface area contributed by atoms with Crippen LogP contribution in [0.3, 0.4) is 0 Å². The van der Waals surface area contributed by atoms with E-state index in [-0.39, 0.29) is 25.6 Å². The number of phosphoric acid groups is 1. The van der Waals surface area contributed by atoms with Crippen LogP contribution in [0, 0.1) is 0 Å². The van der Waals surface area contributed by atoms with Gasteiger partial charge in [-0.25, -0.2) is 8.96 Å². The van der Waals surface area contributed by atoms with E-state index in [0.29, 0.717) is 6.42 Å². The van der Waals surface area contributed by atoms with E-state index in [1.807, 2.05) is 0 Å². The zero-order chi connectivity index (χ0) is 16.0. The number of halogens is 1. The van der Waals surface area contributed by atoms with Crippen molar-refractivity contribution in [3.05, 3.63) is 11.9 Å². The van der Waals surface area contributed by atoms with Crippen LogP contribution in [0.1, 0.15) is 65.7 Å². The lowest BCUT2D eigenvalue weighted by Gasteiger charge is -2.15. The van der Waals surface area contributed by atoms with Crippen LogP contribution in [-0.4, -0.2) is 19.8 Å². The highest BCUT2D eigenvalue weighted by Crippen LogP contribution is 2.49. The van der Waals surface area contributed by atoms with Crippen molar-refractivity contribution in [1.29, 1.82) is 0 Å². The van der Waals surface area contributed by atoms with E-state index >= 15 is 0 Å². The van der Waals surface area contributed by atoms with E-state index in [9.17, 15) is 8.96 Å². The van der Waals surface area contributed by atoms with E-state index < -0.39 is 7.82 Å². The molecule has 0 rings (SSSR count). The minimum Gasteiger partial charge on any atom is -0.287 e. The molecule has 0 aromatic carbocycles. The Morgan fingerprint density at radius 1 is 0.952 bits per heavy atom. The van der Waals surface area contributed by atoms with Gasteiger partial charge >= 0.3 is 7.82 Å². The maximum Gasteiger partial charge on any atom is 0.475 e. The Morgan fingerprint density at radius 2 is 1.52 bits per heavy atom. The predicted molar refractivity (Wildman–Crippen MR) is 84.0 cm³/mol. The first-order valence-electron chi connectivity index (χ1n) is 7.96. The third kappa shape index (κ3) is 12.0. The van der Waals surface area contributed by atoms with Crippen molar-refractivity contribution in [2.24, 2.45) is 0 Å². The lowest BCUT2D eigenvalue weighted by atomic mass is 10.1. The smallest absolute Gasteiger partial charge is 0.287 e. The fourth-order valence-corrected chi connectivity index (χ4v) is 2.94. The molecule has 0 unspecified atom stereocenters. The van der Waals surface area contributed by atoms with Gasteiger partial charge in [0.15, 0.2) is 0 Å². The molecular weight excluding hydrogens is 294 g/mol. The summed E-state index contributed by atoms with van der Waals surface area (Å²) < 4.78 is 40.4. The van der Waals surface area contributed by atoms with Crippen molar-refractivity contribution in [3.63, 3.8) is 0 Å². The third-order valence-corrected chi connectivity index (χ3v) is 4.50. The molecule has 0 spiro atoms. The monoisotopic (exact) mass is 324 g/mol. The molecule has 0 atom stereocenters. The molecule has 0 heterocycles. The molecule has 4 nitrogen and oxygen atoms in total. The number of hydrogen-bond acceptors (Lipinski definition) is 4. The van der Waals surface area contributed by atoms with Crippen molar-refractivity contribution < 1.29 is 22.5 Å². The first-order chi connectivity index (χ1) is 10.1. The molecule has 0 N–H and O–H groups in total. The minimum absolute atomic E-state index is 0.0983. The molecule has 0 aromatic heterocycles. The molecule has 0 aliphatic rings. The van der Waals surface area contributed by atoms with Gasteiger partial charge in [0.2, 0.25) is 0 Å². The van der Waals surface area contributed by atoms with Gasteiger partial charge in [-0.2, -0.15) is 0 Å². The Balaban J connectivity index is 3.86. The summed E-state index contributed by atoms with van der Waals surface area (Å²) in [4.78, 5) is 0. The van der Waals surface area contributed by atoms with Crippen LogP contribution >= 0.6 is 7.82 Å². The van der Waals surface area contributed by atoms with E-state index in [4.69, 9.17) is 13.6 Å². The average Bonchev–Trinajstić information content (AvgIpc) is 2.43. The van der Waals surface area contributed by atoms with Crippen molar-refractivity contribution in [3.8, 4) is 0 Å². The van der Waals surface area contributed by atoms with Crippen LogP contribution in [0.2, 0.25) is 0 Å². The molecule has 0 radical (unpaired) electrons. The topological polar surface area (TPSA) is 44.8 Å². The first-order valence-corrected chi connectivity index (χ1v) is 9.42. The van der Waals surface area contributed by atoms with Gasteiger partial charge in [-0.3, -0.25) is 13.6 Å².